The topological polar surface area (TPSA) is 21.3 Å². The van der Waals surface area contributed by atoms with E-state index in [0.717, 1.165) is 24.3 Å². The van der Waals surface area contributed by atoms with E-state index in [1.807, 2.05) is 12.1 Å². The zero-order valence-electron chi connectivity index (χ0n) is 13.0. The second kappa shape index (κ2) is 8.48. The van der Waals surface area contributed by atoms with Crippen LogP contribution in [-0.2, 0) is 0 Å². The van der Waals surface area contributed by atoms with E-state index in [2.05, 4.69) is 61.6 Å². The summed E-state index contributed by atoms with van der Waals surface area (Å²) in [6.07, 6.45) is 2.31. The standard InChI is InChI=1S/C19H25NO/c1-3-10-17(20-4-2)15-21-19-14-9-8-13-18(19)16-11-6-5-7-12-16/h5-9,11-14,17,20H,3-4,10,15H2,1-2H3. The largest absolute Gasteiger partial charge is 0.491 e. The molecule has 0 aliphatic carbocycles. The van der Waals surface area contributed by atoms with Crippen LogP contribution in [0.3, 0.4) is 0 Å². The summed E-state index contributed by atoms with van der Waals surface area (Å²) in [6.45, 7) is 6.04. The molecule has 2 heteroatoms. The molecule has 0 spiro atoms. The molecule has 1 atom stereocenters. The van der Waals surface area contributed by atoms with Gasteiger partial charge in [-0.05, 0) is 24.6 Å². The first kappa shape index (κ1) is 15.6. The van der Waals surface area contributed by atoms with Gasteiger partial charge in [-0.3, -0.25) is 0 Å². The fourth-order valence-electron chi connectivity index (χ4n) is 2.52. The predicted molar refractivity (Wildman–Crippen MR) is 89.7 cm³/mol. The second-order valence-electron chi connectivity index (χ2n) is 5.22. The molecular weight excluding hydrogens is 258 g/mol. The highest BCUT2D eigenvalue weighted by molar-refractivity contribution is 5.70. The third-order valence-electron chi connectivity index (χ3n) is 3.54. The number of ether oxygens (including phenoxy) is 1. The van der Waals surface area contributed by atoms with Crippen LogP contribution in [0, 0.1) is 0 Å². The van der Waals surface area contributed by atoms with Gasteiger partial charge in [-0.1, -0.05) is 68.8 Å². The van der Waals surface area contributed by atoms with Crippen molar-refractivity contribution in [3.8, 4) is 16.9 Å². The number of hydrogen-bond donors (Lipinski definition) is 1. The molecule has 0 bridgehead atoms. The van der Waals surface area contributed by atoms with Crippen LogP contribution in [-0.4, -0.2) is 19.2 Å². The summed E-state index contributed by atoms with van der Waals surface area (Å²) >= 11 is 0. The summed E-state index contributed by atoms with van der Waals surface area (Å²) in [5.74, 6) is 0.961. The van der Waals surface area contributed by atoms with Crippen LogP contribution in [0.4, 0.5) is 0 Å². The van der Waals surface area contributed by atoms with Crippen molar-refractivity contribution in [1.82, 2.24) is 5.32 Å². The fraction of sp³-hybridized carbons (Fsp3) is 0.368. The predicted octanol–water partition coefficient (Wildman–Crippen LogP) is 4.51. The molecule has 0 heterocycles. The highest BCUT2D eigenvalue weighted by atomic mass is 16.5. The maximum Gasteiger partial charge on any atom is 0.127 e. The van der Waals surface area contributed by atoms with E-state index in [-0.39, 0.29) is 0 Å². The Morgan fingerprint density at radius 1 is 0.952 bits per heavy atom. The molecule has 0 aromatic heterocycles. The van der Waals surface area contributed by atoms with Gasteiger partial charge < -0.3 is 10.1 Å². The lowest BCUT2D eigenvalue weighted by molar-refractivity contribution is 0.258. The summed E-state index contributed by atoms with van der Waals surface area (Å²) in [5, 5.41) is 3.49. The zero-order chi connectivity index (χ0) is 14.9. The first-order chi connectivity index (χ1) is 10.3. The summed E-state index contributed by atoms with van der Waals surface area (Å²) in [4.78, 5) is 0. The van der Waals surface area contributed by atoms with Gasteiger partial charge in [0.25, 0.3) is 0 Å². The van der Waals surface area contributed by atoms with Crippen LogP contribution in [0.25, 0.3) is 11.1 Å². The maximum absolute atomic E-state index is 6.10. The molecule has 2 rings (SSSR count). The van der Waals surface area contributed by atoms with Gasteiger partial charge in [0.1, 0.15) is 12.4 Å². The van der Waals surface area contributed by atoms with Gasteiger partial charge in [0.05, 0.1) is 0 Å². The average Bonchev–Trinajstić information content (AvgIpc) is 2.54. The molecule has 2 nitrogen and oxygen atoms in total. The molecule has 0 saturated carbocycles. The van der Waals surface area contributed by atoms with Gasteiger partial charge in [0.15, 0.2) is 0 Å². The van der Waals surface area contributed by atoms with Crippen LogP contribution in [0.5, 0.6) is 5.75 Å². The Balaban J connectivity index is 2.10. The first-order valence-corrected chi connectivity index (χ1v) is 7.85. The Morgan fingerprint density at radius 2 is 1.67 bits per heavy atom. The highest BCUT2D eigenvalue weighted by Gasteiger charge is 2.10. The number of benzene rings is 2. The second-order valence-corrected chi connectivity index (χ2v) is 5.22. The average molecular weight is 283 g/mol. The number of para-hydroxylation sites is 1. The Bertz CT molecular complexity index is 518. The Hall–Kier alpha value is -1.80. The minimum absolute atomic E-state index is 0.420. The molecule has 112 valence electrons. The lowest BCUT2D eigenvalue weighted by Gasteiger charge is -2.19. The molecule has 0 amide bonds. The van der Waals surface area contributed by atoms with Crippen LogP contribution in [0.1, 0.15) is 26.7 Å². The van der Waals surface area contributed by atoms with Crippen molar-refractivity contribution in [2.24, 2.45) is 0 Å². The Morgan fingerprint density at radius 3 is 2.38 bits per heavy atom. The molecule has 2 aromatic carbocycles. The van der Waals surface area contributed by atoms with Crippen molar-refractivity contribution >= 4 is 0 Å². The summed E-state index contributed by atoms with van der Waals surface area (Å²) in [7, 11) is 0. The van der Waals surface area contributed by atoms with E-state index in [1.165, 1.54) is 12.0 Å². The minimum Gasteiger partial charge on any atom is -0.491 e. The fourth-order valence-corrected chi connectivity index (χ4v) is 2.52. The van der Waals surface area contributed by atoms with E-state index in [1.54, 1.807) is 0 Å². The number of rotatable bonds is 8. The summed E-state index contributed by atoms with van der Waals surface area (Å²) in [6, 6.07) is 19.1. The molecule has 2 aromatic rings. The van der Waals surface area contributed by atoms with Crippen LogP contribution < -0.4 is 10.1 Å². The lowest BCUT2D eigenvalue weighted by atomic mass is 10.0. The number of nitrogens with one attached hydrogen (secondary N) is 1. The lowest BCUT2D eigenvalue weighted by Crippen LogP contribution is -2.34. The Kier molecular flexibility index (Phi) is 6.29. The van der Waals surface area contributed by atoms with Crippen LogP contribution in [0.2, 0.25) is 0 Å². The van der Waals surface area contributed by atoms with Gasteiger partial charge in [0.2, 0.25) is 0 Å². The van der Waals surface area contributed by atoms with E-state index in [4.69, 9.17) is 4.74 Å². The van der Waals surface area contributed by atoms with E-state index >= 15 is 0 Å². The van der Waals surface area contributed by atoms with E-state index in [0.29, 0.717) is 12.6 Å². The van der Waals surface area contributed by atoms with Crippen LogP contribution in [0.15, 0.2) is 54.6 Å². The molecule has 0 aliphatic heterocycles. The smallest absolute Gasteiger partial charge is 0.127 e. The van der Waals surface area contributed by atoms with Gasteiger partial charge in [-0.15, -0.1) is 0 Å². The summed E-state index contributed by atoms with van der Waals surface area (Å²) in [5.41, 5.74) is 2.36. The monoisotopic (exact) mass is 283 g/mol. The van der Waals surface area contributed by atoms with Crippen molar-refractivity contribution in [3.05, 3.63) is 54.6 Å². The van der Waals surface area contributed by atoms with Gasteiger partial charge in [-0.25, -0.2) is 0 Å². The molecule has 1 unspecified atom stereocenters. The summed E-state index contributed by atoms with van der Waals surface area (Å²) < 4.78 is 6.10. The minimum atomic E-state index is 0.420. The van der Waals surface area contributed by atoms with Crippen molar-refractivity contribution in [1.29, 1.82) is 0 Å². The van der Waals surface area contributed by atoms with E-state index < -0.39 is 0 Å². The molecule has 1 N–H and O–H groups in total. The van der Waals surface area contributed by atoms with Crippen molar-refractivity contribution in [2.75, 3.05) is 13.2 Å². The molecule has 21 heavy (non-hydrogen) atoms. The SMILES string of the molecule is CCCC(COc1ccccc1-c1ccccc1)NCC. The first-order valence-electron chi connectivity index (χ1n) is 7.85. The van der Waals surface area contributed by atoms with Gasteiger partial charge >= 0.3 is 0 Å². The van der Waals surface area contributed by atoms with Crippen molar-refractivity contribution in [3.63, 3.8) is 0 Å². The zero-order valence-corrected chi connectivity index (χ0v) is 13.0. The molecule has 0 radical (unpaired) electrons. The number of hydrogen-bond acceptors (Lipinski definition) is 2. The Labute approximate surface area is 128 Å². The van der Waals surface area contributed by atoms with Crippen LogP contribution >= 0.6 is 0 Å². The van der Waals surface area contributed by atoms with Gasteiger partial charge in [0, 0.05) is 11.6 Å². The highest BCUT2D eigenvalue weighted by Crippen LogP contribution is 2.29. The molecule has 0 aliphatic rings. The number of likely N-dealkylation sites (N-methyl/N-ethyl adjacent to an activating group) is 1. The quantitative estimate of drug-likeness (QED) is 0.769. The van der Waals surface area contributed by atoms with Gasteiger partial charge in [-0.2, -0.15) is 0 Å². The maximum atomic E-state index is 6.10. The van der Waals surface area contributed by atoms with E-state index in [9.17, 15) is 0 Å². The molecular formula is C19H25NO. The molecule has 0 fully saturated rings. The molecule has 0 saturated heterocycles. The van der Waals surface area contributed by atoms with Crippen molar-refractivity contribution < 1.29 is 4.74 Å². The third-order valence-corrected chi connectivity index (χ3v) is 3.54. The van der Waals surface area contributed by atoms with Crippen molar-refractivity contribution in [2.45, 2.75) is 32.7 Å². The third kappa shape index (κ3) is 4.61. The normalized spacial score (nSPS) is 12.1.